The fraction of sp³-hybridized carbons (Fsp3) is 0.538. The Kier molecular flexibility index (Phi) is 7.24. The average Bonchev–Trinajstić information content (AvgIpc) is 2.30. The Morgan fingerprint density at radius 2 is 1.88 bits per heavy atom. The molecule has 0 radical (unpaired) electrons. The number of halogens is 1. The molecule has 0 bridgehead atoms. The van der Waals surface area contributed by atoms with E-state index in [2.05, 4.69) is 40.2 Å². The van der Waals surface area contributed by atoms with Gasteiger partial charge in [0, 0.05) is 11.0 Å². The number of hydrogen-bond donors (Lipinski definition) is 1. The van der Waals surface area contributed by atoms with Crippen LogP contribution in [0.3, 0.4) is 0 Å². The van der Waals surface area contributed by atoms with E-state index in [1.54, 1.807) is 0 Å². The van der Waals surface area contributed by atoms with Crippen LogP contribution in [0.25, 0.3) is 0 Å². The predicted octanol–water partition coefficient (Wildman–Crippen LogP) is 2.37. The van der Waals surface area contributed by atoms with E-state index in [-0.39, 0.29) is 0 Å². The summed E-state index contributed by atoms with van der Waals surface area (Å²) in [5.74, 6) is 0.920. The van der Waals surface area contributed by atoms with Crippen molar-refractivity contribution in [3.05, 3.63) is 28.7 Å². The van der Waals surface area contributed by atoms with Crippen LogP contribution in [0.4, 0.5) is 0 Å². The lowest BCUT2D eigenvalue weighted by molar-refractivity contribution is 0.311. The fourth-order valence-electron chi connectivity index (χ4n) is 1.42. The van der Waals surface area contributed by atoms with Crippen molar-refractivity contribution < 1.29 is 4.74 Å². The minimum atomic E-state index is 0.712. The van der Waals surface area contributed by atoms with Gasteiger partial charge in [0.2, 0.25) is 0 Å². The second-order valence-electron chi connectivity index (χ2n) is 4.21. The van der Waals surface area contributed by atoms with E-state index in [1.165, 1.54) is 6.42 Å². The normalized spacial score (nSPS) is 10.8. The molecule has 1 aromatic carbocycles. The van der Waals surface area contributed by atoms with Crippen molar-refractivity contribution in [2.24, 2.45) is 0 Å². The lowest BCUT2D eigenvalue weighted by Gasteiger charge is -2.10. The van der Waals surface area contributed by atoms with Gasteiger partial charge in [-0.05, 0) is 57.9 Å². The highest BCUT2D eigenvalue weighted by molar-refractivity contribution is 9.10. The van der Waals surface area contributed by atoms with E-state index in [9.17, 15) is 0 Å². The highest BCUT2D eigenvalue weighted by atomic mass is 79.9. The van der Waals surface area contributed by atoms with Gasteiger partial charge in [-0.3, -0.25) is 0 Å². The van der Waals surface area contributed by atoms with E-state index >= 15 is 0 Å². The molecule has 0 fully saturated rings. The summed E-state index contributed by atoms with van der Waals surface area (Å²) in [5, 5.41) is 3.36. The van der Waals surface area contributed by atoms with Gasteiger partial charge in [0.1, 0.15) is 12.4 Å². The van der Waals surface area contributed by atoms with Gasteiger partial charge >= 0.3 is 0 Å². The van der Waals surface area contributed by atoms with E-state index < -0.39 is 0 Å². The predicted molar refractivity (Wildman–Crippen MR) is 75.7 cm³/mol. The molecule has 0 atom stereocenters. The monoisotopic (exact) mass is 300 g/mol. The van der Waals surface area contributed by atoms with Gasteiger partial charge in [-0.25, -0.2) is 0 Å². The molecular weight excluding hydrogens is 280 g/mol. The maximum absolute atomic E-state index is 5.59. The Morgan fingerprint density at radius 3 is 2.53 bits per heavy atom. The summed E-state index contributed by atoms with van der Waals surface area (Å²) in [4.78, 5) is 2.19. The van der Waals surface area contributed by atoms with Gasteiger partial charge in [-0.2, -0.15) is 0 Å². The van der Waals surface area contributed by atoms with Crippen molar-refractivity contribution in [3.63, 3.8) is 0 Å². The van der Waals surface area contributed by atoms with E-state index in [0.29, 0.717) is 6.61 Å². The molecule has 0 saturated carbocycles. The van der Waals surface area contributed by atoms with Gasteiger partial charge in [0.05, 0.1) is 0 Å². The van der Waals surface area contributed by atoms with Crippen molar-refractivity contribution in [1.29, 1.82) is 0 Å². The topological polar surface area (TPSA) is 24.5 Å². The molecule has 0 aromatic heterocycles. The van der Waals surface area contributed by atoms with Crippen LogP contribution in [0.1, 0.15) is 6.42 Å². The van der Waals surface area contributed by atoms with Gasteiger partial charge < -0.3 is 15.0 Å². The number of nitrogens with zero attached hydrogens (tertiary/aromatic N) is 1. The third-order valence-corrected chi connectivity index (χ3v) is 2.85. The number of benzene rings is 1. The lowest BCUT2D eigenvalue weighted by atomic mass is 10.3. The molecule has 96 valence electrons. The zero-order valence-corrected chi connectivity index (χ0v) is 12.2. The largest absolute Gasteiger partial charge is 0.492 e. The minimum absolute atomic E-state index is 0.712. The average molecular weight is 301 g/mol. The van der Waals surface area contributed by atoms with Crippen LogP contribution < -0.4 is 10.1 Å². The quantitative estimate of drug-likeness (QED) is 0.746. The van der Waals surface area contributed by atoms with Gasteiger partial charge in [-0.15, -0.1) is 0 Å². The molecule has 1 N–H and O–H groups in total. The Bertz CT molecular complexity index is 301. The first kappa shape index (κ1) is 14.5. The SMILES string of the molecule is CN(C)CCCNCCOc1ccc(Br)cc1. The van der Waals surface area contributed by atoms with Crippen molar-refractivity contribution in [1.82, 2.24) is 10.2 Å². The zero-order chi connectivity index (χ0) is 12.5. The van der Waals surface area contributed by atoms with Gasteiger partial charge in [0.15, 0.2) is 0 Å². The number of hydrogen-bond acceptors (Lipinski definition) is 3. The van der Waals surface area contributed by atoms with Crippen LogP contribution in [-0.4, -0.2) is 45.2 Å². The summed E-state index contributed by atoms with van der Waals surface area (Å²) in [6.45, 7) is 3.77. The third kappa shape index (κ3) is 7.36. The Balaban J connectivity index is 1.99. The van der Waals surface area contributed by atoms with Crippen LogP contribution in [0.15, 0.2) is 28.7 Å². The molecule has 0 aliphatic carbocycles. The maximum atomic E-state index is 5.59. The van der Waals surface area contributed by atoms with Crippen LogP contribution in [0.2, 0.25) is 0 Å². The van der Waals surface area contributed by atoms with Crippen molar-refractivity contribution in [2.75, 3.05) is 40.3 Å². The Labute approximate surface area is 112 Å². The molecule has 1 aromatic rings. The zero-order valence-electron chi connectivity index (χ0n) is 10.6. The second kappa shape index (κ2) is 8.50. The second-order valence-corrected chi connectivity index (χ2v) is 5.12. The van der Waals surface area contributed by atoms with Gasteiger partial charge in [0.25, 0.3) is 0 Å². The number of nitrogens with one attached hydrogen (secondary N) is 1. The number of ether oxygens (including phenoxy) is 1. The van der Waals surface area contributed by atoms with Crippen LogP contribution in [0.5, 0.6) is 5.75 Å². The van der Waals surface area contributed by atoms with Crippen molar-refractivity contribution >= 4 is 15.9 Å². The number of rotatable bonds is 8. The van der Waals surface area contributed by atoms with Crippen molar-refractivity contribution in [3.8, 4) is 5.75 Å². The summed E-state index contributed by atoms with van der Waals surface area (Å²) in [6, 6.07) is 7.91. The molecule has 0 unspecified atom stereocenters. The van der Waals surface area contributed by atoms with Crippen molar-refractivity contribution in [2.45, 2.75) is 6.42 Å². The van der Waals surface area contributed by atoms with Gasteiger partial charge in [-0.1, -0.05) is 15.9 Å². The molecule has 1 rings (SSSR count). The molecular formula is C13H21BrN2O. The molecule has 0 aliphatic rings. The lowest BCUT2D eigenvalue weighted by Crippen LogP contribution is -2.25. The molecule has 4 heteroatoms. The summed E-state index contributed by atoms with van der Waals surface area (Å²) in [7, 11) is 4.19. The Morgan fingerprint density at radius 1 is 1.18 bits per heavy atom. The molecule has 0 saturated heterocycles. The molecule has 0 amide bonds. The first-order valence-corrected chi connectivity index (χ1v) is 6.71. The molecule has 0 heterocycles. The molecule has 3 nitrogen and oxygen atoms in total. The van der Waals surface area contributed by atoms with E-state index in [4.69, 9.17) is 4.74 Å². The summed E-state index contributed by atoms with van der Waals surface area (Å²) < 4.78 is 6.67. The first-order chi connectivity index (χ1) is 8.18. The first-order valence-electron chi connectivity index (χ1n) is 5.92. The smallest absolute Gasteiger partial charge is 0.119 e. The van der Waals surface area contributed by atoms with E-state index in [0.717, 1.165) is 29.9 Å². The Hall–Kier alpha value is -0.580. The fourth-order valence-corrected chi connectivity index (χ4v) is 1.68. The van der Waals surface area contributed by atoms with E-state index in [1.807, 2.05) is 24.3 Å². The van der Waals surface area contributed by atoms with Crippen LogP contribution >= 0.6 is 15.9 Å². The molecule has 17 heavy (non-hydrogen) atoms. The van der Waals surface area contributed by atoms with Crippen LogP contribution in [0, 0.1) is 0 Å². The third-order valence-electron chi connectivity index (χ3n) is 2.32. The summed E-state index contributed by atoms with van der Waals surface area (Å²) in [6.07, 6.45) is 1.17. The molecule has 0 aliphatic heterocycles. The van der Waals surface area contributed by atoms with Crippen LogP contribution in [-0.2, 0) is 0 Å². The summed E-state index contributed by atoms with van der Waals surface area (Å²) in [5.41, 5.74) is 0. The highest BCUT2D eigenvalue weighted by Gasteiger charge is 1.94. The maximum Gasteiger partial charge on any atom is 0.119 e. The summed E-state index contributed by atoms with van der Waals surface area (Å²) >= 11 is 3.40. The highest BCUT2D eigenvalue weighted by Crippen LogP contribution is 2.15. The minimum Gasteiger partial charge on any atom is -0.492 e. The standard InChI is InChI=1S/C13H21BrN2O/c1-16(2)10-3-8-15-9-11-17-13-6-4-12(14)5-7-13/h4-7,15H,3,8-11H2,1-2H3. The molecule has 0 spiro atoms.